The van der Waals surface area contributed by atoms with E-state index in [1.165, 1.54) is 4.31 Å². The molecule has 7 nitrogen and oxygen atoms in total. The fourth-order valence-electron chi connectivity index (χ4n) is 3.39. The number of hydrogen-bond acceptors (Lipinski definition) is 5. The third kappa shape index (κ3) is 5.16. The van der Waals surface area contributed by atoms with E-state index in [1.54, 1.807) is 24.5 Å². The molecule has 0 amide bonds. The van der Waals surface area contributed by atoms with E-state index in [9.17, 15) is 25.6 Å². The maximum atomic E-state index is 13.5. The molecule has 0 bridgehead atoms. The lowest BCUT2D eigenvalue weighted by atomic mass is 10.1. The second-order valence-corrected chi connectivity index (χ2v) is 10.8. The normalized spacial score (nSPS) is 18.8. The standard InChI is InChI=1S/C18H21F2N3O4S2/c1-28(24,25)23(12-14-4-2-6-21-11-14)17-5-3-7-22(13-17)29(26,27)18-9-15(19)8-16(20)10-18/h2,4,6,8-11,17H,3,5,7,12-13H2,1H3. The minimum atomic E-state index is -4.17. The van der Waals surface area contributed by atoms with Gasteiger partial charge in [0.05, 0.1) is 11.2 Å². The summed E-state index contributed by atoms with van der Waals surface area (Å²) in [6.45, 7) is 0.0923. The lowest BCUT2D eigenvalue weighted by Crippen LogP contribution is -2.51. The first-order valence-corrected chi connectivity index (χ1v) is 12.2. The molecule has 0 radical (unpaired) electrons. The molecular weight excluding hydrogens is 424 g/mol. The van der Waals surface area contributed by atoms with Gasteiger partial charge in [-0.05, 0) is 36.6 Å². The fourth-order valence-corrected chi connectivity index (χ4v) is 6.05. The summed E-state index contributed by atoms with van der Waals surface area (Å²) in [5.74, 6) is -1.99. The van der Waals surface area contributed by atoms with Crippen molar-refractivity contribution >= 4 is 20.0 Å². The van der Waals surface area contributed by atoms with Gasteiger partial charge in [-0.1, -0.05) is 6.07 Å². The van der Waals surface area contributed by atoms with Crippen LogP contribution in [0.3, 0.4) is 0 Å². The topological polar surface area (TPSA) is 87.7 Å². The van der Waals surface area contributed by atoms with Crippen molar-refractivity contribution in [2.75, 3.05) is 19.3 Å². The van der Waals surface area contributed by atoms with Crippen LogP contribution < -0.4 is 0 Å². The van der Waals surface area contributed by atoms with Gasteiger partial charge in [0.1, 0.15) is 11.6 Å². The minimum Gasteiger partial charge on any atom is -0.264 e. The van der Waals surface area contributed by atoms with Crippen molar-refractivity contribution in [3.8, 4) is 0 Å². The molecule has 29 heavy (non-hydrogen) atoms. The number of sulfonamides is 2. The quantitative estimate of drug-likeness (QED) is 0.679. The average molecular weight is 446 g/mol. The Labute approximate surface area is 169 Å². The van der Waals surface area contributed by atoms with E-state index in [1.807, 2.05) is 0 Å². The molecule has 0 saturated carbocycles. The summed E-state index contributed by atoms with van der Waals surface area (Å²) in [4.78, 5) is 3.48. The summed E-state index contributed by atoms with van der Waals surface area (Å²) >= 11 is 0. The lowest BCUT2D eigenvalue weighted by Gasteiger charge is -2.37. The van der Waals surface area contributed by atoms with Gasteiger partial charge in [0.25, 0.3) is 0 Å². The third-order valence-corrected chi connectivity index (χ3v) is 7.85. The lowest BCUT2D eigenvalue weighted by molar-refractivity contribution is 0.206. The Morgan fingerprint density at radius 3 is 2.45 bits per heavy atom. The second kappa shape index (κ2) is 8.42. The molecule has 0 spiro atoms. The summed E-state index contributed by atoms with van der Waals surface area (Å²) in [5.41, 5.74) is 0.671. The zero-order valence-electron chi connectivity index (χ0n) is 15.7. The van der Waals surface area contributed by atoms with Crippen LogP contribution in [0.4, 0.5) is 8.78 Å². The van der Waals surface area contributed by atoms with Gasteiger partial charge in [-0.3, -0.25) is 4.98 Å². The predicted octanol–water partition coefficient (Wildman–Crippen LogP) is 1.97. The zero-order valence-corrected chi connectivity index (χ0v) is 17.3. The van der Waals surface area contributed by atoms with Gasteiger partial charge in [0, 0.05) is 44.1 Å². The number of benzene rings is 1. The minimum absolute atomic E-state index is 0.0554. The molecule has 1 fully saturated rings. The number of pyridine rings is 1. The van der Waals surface area contributed by atoms with Crippen LogP contribution >= 0.6 is 0 Å². The van der Waals surface area contributed by atoms with Gasteiger partial charge in [0.2, 0.25) is 20.0 Å². The van der Waals surface area contributed by atoms with Gasteiger partial charge in [-0.15, -0.1) is 0 Å². The number of nitrogens with zero attached hydrogens (tertiary/aromatic N) is 3. The highest BCUT2D eigenvalue weighted by Crippen LogP contribution is 2.26. The maximum Gasteiger partial charge on any atom is 0.243 e. The second-order valence-electron chi connectivity index (χ2n) is 6.93. The highest BCUT2D eigenvalue weighted by Gasteiger charge is 2.36. The van der Waals surface area contributed by atoms with Gasteiger partial charge < -0.3 is 0 Å². The monoisotopic (exact) mass is 445 g/mol. The van der Waals surface area contributed by atoms with Crippen molar-refractivity contribution in [1.82, 2.24) is 13.6 Å². The van der Waals surface area contributed by atoms with Crippen molar-refractivity contribution < 1.29 is 25.6 Å². The fraction of sp³-hybridized carbons (Fsp3) is 0.389. The summed E-state index contributed by atoms with van der Waals surface area (Å²) in [5, 5.41) is 0. The first kappa shape index (κ1) is 21.8. The molecule has 11 heteroatoms. The molecule has 3 rings (SSSR count). The molecular formula is C18H21F2N3O4S2. The predicted molar refractivity (Wildman–Crippen MR) is 103 cm³/mol. The summed E-state index contributed by atoms with van der Waals surface area (Å²) < 4.78 is 79.9. The zero-order chi connectivity index (χ0) is 21.2. The number of piperidine rings is 1. The Kier molecular flexibility index (Phi) is 6.32. The molecule has 1 atom stereocenters. The van der Waals surface area contributed by atoms with E-state index < -0.39 is 42.6 Å². The van der Waals surface area contributed by atoms with E-state index in [2.05, 4.69) is 4.98 Å². The van der Waals surface area contributed by atoms with Crippen molar-refractivity contribution in [3.63, 3.8) is 0 Å². The Morgan fingerprint density at radius 2 is 1.86 bits per heavy atom. The van der Waals surface area contributed by atoms with Crippen molar-refractivity contribution in [1.29, 1.82) is 0 Å². The van der Waals surface area contributed by atoms with Crippen LogP contribution in [0.25, 0.3) is 0 Å². The van der Waals surface area contributed by atoms with Gasteiger partial charge in [-0.25, -0.2) is 25.6 Å². The first-order valence-electron chi connectivity index (χ1n) is 8.89. The van der Waals surface area contributed by atoms with Crippen LogP contribution in [0.5, 0.6) is 0 Å². The van der Waals surface area contributed by atoms with Crippen LogP contribution in [0.2, 0.25) is 0 Å². The van der Waals surface area contributed by atoms with Crippen LogP contribution in [-0.2, 0) is 26.6 Å². The molecule has 1 aliphatic rings. The average Bonchev–Trinajstić information content (AvgIpc) is 2.65. The summed E-state index contributed by atoms with van der Waals surface area (Å²) in [6.07, 6.45) is 5.07. The van der Waals surface area contributed by atoms with Gasteiger partial charge >= 0.3 is 0 Å². The van der Waals surface area contributed by atoms with Crippen molar-refractivity contribution in [2.45, 2.75) is 30.3 Å². The molecule has 2 heterocycles. The molecule has 1 aliphatic heterocycles. The molecule has 1 aromatic carbocycles. The molecule has 1 saturated heterocycles. The molecule has 1 unspecified atom stereocenters. The van der Waals surface area contributed by atoms with Crippen LogP contribution in [0.15, 0.2) is 47.6 Å². The summed E-state index contributed by atoms with van der Waals surface area (Å²) in [6, 6.07) is 4.92. The smallest absolute Gasteiger partial charge is 0.243 e. The Balaban J connectivity index is 1.87. The Bertz CT molecular complexity index is 1060. The van der Waals surface area contributed by atoms with Crippen LogP contribution in [0.1, 0.15) is 18.4 Å². The van der Waals surface area contributed by atoms with Crippen LogP contribution in [-0.4, -0.2) is 55.8 Å². The van der Waals surface area contributed by atoms with E-state index in [-0.39, 0.29) is 19.6 Å². The highest BCUT2D eigenvalue weighted by molar-refractivity contribution is 7.89. The number of halogens is 2. The van der Waals surface area contributed by atoms with Crippen molar-refractivity contribution in [3.05, 3.63) is 59.9 Å². The molecule has 1 aromatic heterocycles. The number of hydrogen-bond donors (Lipinski definition) is 0. The van der Waals surface area contributed by atoms with Gasteiger partial charge in [-0.2, -0.15) is 8.61 Å². The van der Waals surface area contributed by atoms with E-state index >= 15 is 0 Å². The number of aromatic nitrogens is 1. The maximum absolute atomic E-state index is 13.5. The molecule has 158 valence electrons. The third-order valence-electron chi connectivity index (χ3n) is 4.73. The Morgan fingerprint density at radius 1 is 1.17 bits per heavy atom. The first-order chi connectivity index (χ1) is 13.6. The van der Waals surface area contributed by atoms with Crippen LogP contribution in [0, 0.1) is 11.6 Å². The van der Waals surface area contributed by atoms with E-state index in [4.69, 9.17) is 0 Å². The molecule has 0 aliphatic carbocycles. The van der Waals surface area contributed by atoms with E-state index in [0.717, 1.165) is 22.7 Å². The van der Waals surface area contributed by atoms with E-state index in [0.29, 0.717) is 24.5 Å². The largest absolute Gasteiger partial charge is 0.264 e. The molecule has 2 aromatic rings. The number of rotatable bonds is 6. The van der Waals surface area contributed by atoms with Gasteiger partial charge in [0.15, 0.2) is 0 Å². The summed E-state index contributed by atoms with van der Waals surface area (Å²) in [7, 11) is -7.82. The van der Waals surface area contributed by atoms with Crippen molar-refractivity contribution in [2.24, 2.45) is 0 Å². The highest BCUT2D eigenvalue weighted by atomic mass is 32.2. The SMILES string of the molecule is CS(=O)(=O)N(Cc1cccnc1)C1CCCN(S(=O)(=O)c2cc(F)cc(F)c2)C1. The Hall–Kier alpha value is -1.95. The molecule has 0 N–H and O–H groups in total.